The van der Waals surface area contributed by atoms with E-state index in [2.05, 4.69) is 5.32 Å². The lowest BCUT2D eigenvalue weighted by atomic mass is 10.3. The minimum atomic E-state index is -0.141. The molecule has 0 aliphatic carbocycles. The maximum absolute atomic E-state index is 11.5. The van der Waals surface area contributed by atoms with Crippen molar-refractivity contribution in [3.63, 3.8) is 0 Å². The molecular formula is C10H16N2O2. The average molecular weight is 196 g/mol. The number of nitrogens with zero attached hydrogens (tertiary/aromatic N) is 1. The van der Waals surface area contributed by atoms with E-state index in [1.165, 1.54) is 0 Å². The quantitative estimate of drug-likeness (QED) is 0.748. The fourth-order valence-electron chi connectivity index (χ4n) is 1.30. The van der Waals surface area contributed by atoms with Crippen molar-refractivity contribution in [3.8, 4) is 0 Å². The predicted molar refractivity (Wildman–Crippen MR) is 54.2 cm³/mol. The molecule has 0 saturated heterocycles. The zero-order chi connectivity index (χ0) is 10.6. The molecule has 4 heteroatoms. The van der Waals surface area contributed by atoms with E-state index in [0.717, 1.165) is 0 Å². The van der Waals surface area contributed by atoms with Gasteiger partial charge in [-0.15, -0.1) is 0 Å². The predicted octanol–water partition coefficient (Wildman–Crippen LogP) is 0.791. The third-order valence-electron chi connectivity index (χ3n) is 1.97. The monoisotopic (exact) mass is 196 g/mol. The Morgan fingerprint density at radius 1 is 1.64 bits per heavy atom. The summed E-state index contributed by atoms with van der Waals surface area (Å²) in [6.45, 7) is 4.29. The standard InChI is InChI=1S/C10H16N2O2/c1-8(2)12-6-3-4-9(12)10(14)11-5-7-13/h3-4,6,8,13H,5,7H2,1-2H3,(H,11,14). The number of amides is 1. The third-order valence-corrected chi connectivity index (χ3v) is 1.97. The number of rotatable bonds is 4. The minimum absolute atomic E-state index is 0.0336. The molecule has 0 aliphatic heterocycles. The van der Waals surface area contributed by atoms with E-state index < -0.39 is 0 Å². The van der Waals surface area contributed by atoms with E-state index in [-0.39, 0.29) is 18.6 Å². The van der Waals surface area contributed by atoms with Gasteiger partial charge in [0.1, 0.15) is 5.69 Å². The van der Waals surface area contributed by atoms with Gasteiger partial charge >= 0.3 is 0 Å². The molecule has 0 aliphatic rings. The van der Waals surface area contributed by atoms with Crippen LogP contribution < -0.4 is 5.32 Å². The van der Waals surface area contributed by atoms with Crippen molar-refractivity contribution in [2.75, 3.05) is 13.2 Å². The first-order valence-corrected chi connectivity index (χ1v) is 4.72. The molecule has 1 amide bonds. The molecule has 0 unspecified atom stereocenters. The molecule has 4 nitrogen and oxygen atoms in total. The summed E-state index contributed by atoms with van der Waals surface area (Å²) in [7, 11) is 0. The van der Waals surface area contributed by atoms with E-state index in [9.17, 15) is 4.79 Å². The molecule has 14 heavy (non-hydrogen) atoms. The Balaban J connectivity index is 2.74. The zero-order valence-corrected chi connectivity index (χ0v) is 8.53. The summed E-state index contributed by atoms with van der Waals surface area (Å²) in [6, 6.07) is 3.88. The summed E-state index contributed by atoms with van der Waals surface area (Å²) in [4.78, 5) is 11.5. The topological polar surface area (TPSA) is 54.3 Å². The van der Waals surface area contributed by atoms with E-state index >= 15 is 0 Å². The SMILES string of the molecule is CC(C)n1cccc1C(=O)NCCO. The molecule has 1 heterocycles. The first kappa shape index (κ1) is 10.8. The number of hydrogen-bond donors (Lipinski definition) is 2. The summed E-state index contributed by atoms with van der Waals surface area (Å²) >= 11 is 0. The van der Waals surface area contributed by atoms with Crippen LogP contribution in [-0.4, -0.2) is 28.7 Å². The van der Waals surface area contributed by atoms with Crippen LogP contribution in [0.25, 0.3) is 0 Å². The average Bonchev–Trinajstić information content (AvgIpc) is 2.62. The van der Waals surface area contributed by atoms with Crippen molar-refractivity contribution in [1.82, 2.24) is 9.88 Å². The minimum Gasteiger partial charge on any atom is -0.395 e. The number of carbonyl (C=O) groups is 1. The lowest BCUT2D eigenvalue weighted by Gasteiger charge is -2.12. The van der Waals surface area contributed by atoms with Gasteiger partial charge in [0.2, 0.25) is 0 Å². The maximum Gasteiger partial charge on any atom is 0.267 e. The number of nitrogens with one attached hydrogen (secondary N) is 1. The first-order chi connectivity index (χ1) is 6.66. The summed E-state index contributed by atoms with van der Waals surface area (Å²) in [5.41, 5.74) is 0.633. The molecule has 1 aromatic rings. The Morgan fingerprint density at radius 2 is 2.36 bits per heavy atom. The van der Waals surface area contributed by atoms with Crippen molar-refractivity contribution in [1.29, 1.82) is 0 Å². The third kappa shape index (κ3) is 2.35. The first-order valence-electron chi connectivity index (χ1n) is 4.72. The highest BCUT2D eigenvalue weighted by Crippen LogP contribution is 2.10. The zero-order valence-electron chi connectivity index (χ0n) is 8.53. The fourth-order valence-corrected chi connectivity index (χ4v) is 1.30. The Morgan fingerprint density at radius 3 is 2.93 bits per heavy atom. The van der Waals surface area contributed by atoms with Crippen molar-refractivity contribution < 1.29 is 9.90 Å². The van der Waals surface area contributed by atoms with Crippen molar-refractivity contribution >= 4 is 5.91 Å². The fraction of sp³-hybridized carbons (Fsp3) is 0.500. The second-order valence-corrected chi connectivity index (χ2v) is 3.37. The highest BCUT2D eigenvalue weighted by Gasteiger charge is 2.11. The lowest BCUT2D eigenvalue weighted by molar-refractivity contribution is 0.0934. The normalized spacial score (nSPS) is 10.6. The van der Waals surface area contributed by atoms with Gasteiger partial charge in [0.05, 0.1) is 6.61 Å². The second kappa shape index (κ2) is 4.81. The van der Waals surface area contributed by atoms with Gasteiger partial charge in [0, 0.05) is 18.8 Å². The molecule has 0 fully saturated rings. The molecule has 0 aromatic carbocycles. The molecule has 1 aromatic heterocycles. The number of aliphatic hydroxyl groups excluding tert-OH is 1. The molecule has 0 saturated carbocycles. The Kier molecular flexibility index (Phi) is 3.71. The molecule has 0 atom stereocenters. The number of hydrogen-bond acceptors (Lipinski definition) is 2. The van der Waals surface area contributed by atoms with E-state index in [1.807, 2.05) is 30.7 Å². The largest absolute Gasteiger partial charge is 0.395 e. The molecule has 2 N–H and O–H groups in total. The molecule has 78 valence electrons. The van der Waals surface area contributed by atoms with Crippen molar-refractivity contribution in [2.45, 2.75) is 19.9 Å². The van der Waals surface area contributed by atoms with Crippen LogP contribution in [0.1, 0.15) is 30.4 Å². The summed E-state index contributed by atoms with van der Waals surface area (Å²) in [6.07, 6.45) is 1.87. The Hall–Kier alpha value is -1.29. The van der Waals surface area contributed by atoms with E-state index in [0.29, 0.717) is 12.2 Å². The summed E-state index contributed by atoms with van der Waals surface area (Å²) in [5.74, 6) is -0.141. The lowest BCUT2D eigenvalue weighted by Crippen LogP contribution is -2.28. The molecule has 1 rings (SSSR count). The highest BCUT2D eigenvalue weighted by atomic mass is 16.3. The maximum atomic E-state index is 11.5. The van der Waals surface area contributed by atoms with Gasteiger partial charge in [-0.25, -0.2) is 0 Å². The smallest absolute Gasteiger partial charge is 0.267 e. The van der Waals surface area contributed by atoms with Crippen LogP contribution in [-0.2, 0) is 0 Å². The molecule has 0 spiro atoms. The van der Waals surface area contributed by atoms with Gasteiger partial charge in [-0.05, 0) is 26.0 Å². The number of carbonyl (C=O) groups excluding carboxylic acids is 1. The van der Waals surface area contributed by atoms with Crippen LogP contribution in [0, 0.1) is 0 Å². The van der Waals surface area contributed by atoms with Gasteiger partial charge < -0.3 is 15.0 Å². The number of aromatic nitrogens is 1. The molecule has 0 bridgehead atoms. The van der Waals surface area contributed by atoms with Crippen LogP contribution in [0.3, 0.4) is 0 Å². The van der Waals surface area contributed by atoms with Gasteiger partial charge in [-0.2, -0.15) is 0 Å². The van der Waals surface area contributed by atoms with Crippen molar-refractivity contribution in [3.05, 3.63) is 24.0 Å². The summed E-state index contributed by atoms with van der Waals surface area (Å²) in [5, 5.41) is 11.2. The van der Waals surface area contributed by atoms with Crippen LogP contribution in [0.15, 0.2) is 18.3 Å². The number of aliphatic hydroxyl groups is 1. The van der Waals surface area contributed by atoms with E-state index in [4.69, 9.17) is 5.11 Å². The Bertz CT molecular complexity index is 305. The van der Waals surface area contributed by atoms with Crippen LogP contribution in [0.5, 0.6) is 0 Å². The van der Waals surface area contributed by atoms with E-state index in [1.54, 1.807) is 6.07 Å². The van der Waals surface area contributed by atoms with Gasteiger partial charge in [0.25, 0.3) is 5.91 Å². The van der Waals surface area contributed by atoms with Crippen LogP contribution >= 0.6 is 0 Å². The van der Waals surface area contributed by atoms with Crippen LogP contribution in [0.4, 0.5) is 0 Å². The Labute approximate surface area is 83.5 Å². The summed E-state index contributed by atoms with van der Waals surface area (Å²) < 4.78 is 1.90. The molecular weight excluding hydrogens is 180 g/mol. The van der Waals surface area contributed by atoms with Gasteiger partial charge in [0.15, 0.2) is 0 Å². The van der Waals surface area contributed by atoms with Gasteiger partial charge in [-0.1, -0.05) is 0 Å². The van der Waals surface area contributed by atoms with Gasteiger partial charge in [-0.3, -0.25) is 4.79 Å². The van der Waals surface area contributed by atoms with Crippen LogP contribution in [0.2, 0.25) is 0 Å². The second-order valence-electron chi connectivity index (χ2n) is 3.37. The van der Waals surface area contributed by atoms with Crippen molar-refractivity contribution in [2.24, 2.45) is 0 Å². The molecule has 0 radical (unpaired) electrons. The highest BCUT2D eigenvalue weighted by molar-refractivity contribution is 5.92.